The van der Waals surface area contributed by atoms with Gasteiger partial charge in [0.25, 0.3) is 0 Å². The zero-order valence-corrected chi connectivity index (χ0v) is 11.9. The molecule has 0 bridgehead atoms. The van der Waals surface area contributed by atoms with Gasteiger partial charge in [-0.25, -0.2) is 9.97 Å². The molecular weight excluding hydrogens is 262 g/mol. The molecule has 0 N–H and O–H groups in total. The number of nitrogens with zero attached hydrogens (tertiary/aromatic N) is 3. The Labute approximate surface area is 123 Å². The van der Waals surface area contributed by atoms with Crippen molar-refractivity contribution < 1.29 is 4.79 Å². The molecule has 0 amide bonds. The van der Waals surface area contributed by atoms with Crippen LogP contribution in [0.5, 0.6) is 0 Å². The Morgan fingerprint density at radius 2 is 2.00 bits per heavy atom. The number of carbonyl (C=O) groups excluding carboxylic acids is 1. The average molecular weight is 279 g/mol. The van der Waals surface area contributed by atoms with E-state index in [4.69, 9.17) is 9.97 Å². The first kappa shape index (κ1) is 12.5. The summed E-state index contributed by atoms with van der Waals surface area (Å²) in [4.78, 5) is 22.8. The molecule has 1 aromatic heterocycles. The summed E-state index contributed by atoms with van der Waals surface area (Å²) in [5.74, 6) is 0.855. The lowest BCUT2D eigenvalue weighted by atomic mass is 10.0. The van der Waals surface area contributed by atoms with E-state index in [-0.39, 0.29) is 0 Å². The molecule has 0 atom stereocenters. The average Bonchev–Trinajstić information content (AvgIpc) is 2.93. The number of rotatable bonds is 3. The van der Waals surface area contributed by atoms with Gasteiger partial charge in [-0.05, 0) is 31.7 Å². The van der Waals surface area contributed by atoms with Crippen LogP contribution in [0.4, 0.5) is 5.95 Å². The Kier molecular flexibility index (Phi) is 2.95. The van der Waals surface area contributed by atoms with Gasteiger partial charge in [-0.1, -0.05) is 18.2 Å². The molecule has 4 nitrogen and oxygen atoms in total. The summed E-state index contributed by atoms with van der Waals surface area (Å²) in [7, 11) is 0. The Hall–Kier alpha value is -2.23. The molecule has 1 fully saturated rings. The van der Waals surface area contributed by atoms with E-state index < -0.39 is 0 Å². The second-order valence-electron chi connectivity index (χ2n) is 5.73. The monoisotopic (exact) mass is 279 g/mol. The summed E-state index contributed by atoms with van der Waals surface area (Å²) in [5.41, 5.74) is 5.20. The number of hydrogen-bond donors (Lipinski definition) is 0. The smallest absolute Gasteiger partial charge is 0.226 e. The normalized spacial score (nSPS) is 16.5. The van der Waals surface area contributed by atoms with Crippen molar-refractivity contribution in [2.24, 2.45) is 0 Å². The van der Waals surface area contributed by atoms with Gasteiger partial charge < -0.3 is 4.90 Å². The van der Waals surface area contributed by atoms with E-state index >= 15 is 0 Å². The summed E-state index contributed by atoms with van der Waals surface area (Å²) < 4.78 is 0. The number of anilines is 1. The molecule has 106 valence electrons. The fourth-order valence-corrected chi connectivity index (χ4v) is 3.08. The number of fused-ring (bicyclic) bond motifs is 1. The van der Waals surface area contributed by atoms with Crippen LogP contribution in [-0.2, 0) is 12.8 Å². The number of aldehydes is 1. The maximum atomic E-state index is 11.0. The van der Waals surface area contributed by atoms with Crippen molar-refractivity contribution in [3.63, 3.8) is 0 Å². The van der Waals surface area contributed by atoms with Crippen LogP contribution in [0.25, 0.3) is 11.3 Å². The topological polar surface area (TPSA) is 46.1 Å². The fraction of sp³-hybridized carbons (Fsp3) is 0.353. The van der Waals surface area contributed by atoms with Crippen LogP contribution < -0.4 is 4.90 Å². The highest BCUT2D eigenvalue weighted by Gasteiger charge is 2.24. The minimum Gasteiger partial charge on any atom is -0.341 e. The maximum Gasteiger partial charge on any atom is 0.226 e. The molecule has 1 aliphatic carbocycles. The summed E-state index contributed by atoms with van der Waals surface area (Å²) in [6.45, 7) is 2.10. The van der Waals surface area contributed by atoms with Crippen molar-refractivity contribution in [3.05, 3.63) is 41.1 Å². The molecule has 1 aromatic carbocycles. The number of aromatic nitrogens is 2. The van der Waals surface area contributed by atoms with Crippen LogP contribution in [0.1, 0.15) is 34.5 Å². The first-order valence-corrected chi connectivity index (χ1v) is 7.55. The molecule has 0 radical (unpaired) electrons. The van der Waals surface area contributed by atoms with Crippen LogP contribution in [0, 0.1) is 0 Å². The van der Waals surface area contributed by atoms with E-state index in [9.17, 15) is 4.79 Å². The maximum absolute atomic E-state index is 11.0. The Morgan fingerprint density at radius 3 is 2.76 bits per heavy atom. The first-order chi connectivity index (χ1) is 10.3. The van der Waals surface area contributed by atoms with Crippen LogP contribution in [0.2, 0.25) is 0 Å². The van der Waals surface area contributed by atoms with Crippen molar-refractivity contribution >= 4 is 12.2 Å². The zero-order valence-electron chi connectivity index (χ0n) is 11.9. The molecule has 0 unspecified atom stereocenters. The SMILES string of the molecule is O=Cc1cccc(-c2nc(N3CCC3)nc3c2CCC3)c1. The summed E-state index contributed by atoms with van der Waals surface area (Å²) >= 11 is 0. The molecule has 2 aromatic rings. The highest BCUT2D eigenvalue weighted by molar-refractivity contribution is 5.79. The standard InChI is InChI=1S/C17H17N3O/c21-11-12-4-1-5-13(10-12)16-14-6-2-7-15(14)18-17(19-16)20-8-3-9-20/h1,4-5,10-11H,2-3,6-9H2. The minimum atomic E-state index is 0.698. The van der Waals surface area contributed by atoms with Crippen LogP contribution in [0.3, 0.4) is 0 Å². The molecule has 1 saturated heterocycles. The number of benzene rings is 1. The van der Waals surface area contributed by atoms with Gasteiger partial charge in [0.15, 0.2) is 0 Å². The van der Waals surface area contributed by atoms with E-state index in [1.165, 1.54) is 17.7 Å². The third kappa shape index (κ3) is 2.11. The molecule has 0 spiro atoms. The lowest BCUT2D eigenvalue weighted by Crippen LogP contribution is -2.38. The lowest BCUT2D eigenvalue weighted by Gasteiger charge is -2.31. The van der Waals surface area contributed by atoms with Crippen molar-refractivity contribution in [3.8, 4) is 11.3 Å². The Morgan fingerprint density at radius 1 is 1.10 bits per heavy atom. The van der Waals surface area contributed by atoms with Gasteiger partial charge >= 0.3 is 0 Å². The molecule has 21 heavy (non-hydrogen) atoms. The highest BCUT2D eigenvalue weighted by Crippen LogP contribution is 2.32. The van der Waals surface area contributed by atoms with Gasteiger partial charge in [0, 0.05) is 35.5 Å². The van der Waals surface area contributed by atoms with E-state index in [0.717, 1.165) is 55.8 Å². The van der Waals surface area contributed by atoms with Crippen molar-refractivity contribution in [2.75, 3.05) is 18.0 Å². The van der Waals surface area contributed by atoms with Gasteiger partial charge in [-0.3, -0.25) is 4.79 Å². The molecule has 0 saturated carbocycles. The largest absolute Gasteiger partial charge is 0.341 e. The van der Waals surface area contributed by atoms with Gasteiger partial charge in [0.2, 0.25) is 5.95 Å². The minimum absolute atomic E-state index is 0.698. The molecule has 4 rings (SSSR count). The van der Waals surface area contributed by atoms with Crippen LogP contribution in [-0.4, -0.2) is 29.3 Å². The van der Waals surface area contributed by atoms with Crippen LogP contribution in [0.15, 0.2) is 24.3 Å². The van der Waals surface area contributed by atoms with Crippen LogP contribution >= 0.6 is 0 Å². The third-order valence-corrected chi connectivity index (χ3v) is 4.36. The molecular formula is C17H17N3O. The molecule has 4 heteroatoms. The second kappa shape index (κ2) is 4.95. The van der Waals surface area contributed by atoms with E-state index in [1.54, 1.807) is 0 Å². The summed E-state index contributed by atoms with van der Waals surface area (Å²) in [5, 5.41) is 0. The summed E-state index contributed by atoms with van der Waals surface area (Å²) in [6, 6.07) is 7.71. The van der Waals surface area contributed by atoms with Gasteiger partial charge in [-0.15, -0.1) is 0 Å². The van der Waals surface area contributed by atoms with Crippen molar-refractivity contribution in [2.45, 2.75) is 25.7 Å². The third-order valence-electron chi connectivity index (χ3n) is 4.36. The number of hydrogen-bond acceptors (Lipinski definition) is 4. The molecule has 1 aliphatic heterocycles. The quantitative estimate of drug-likeness (QED) is 0.810. The number of aryl methyl sites for hydroxylation is 1. The van der Waals surface area contributed by atoms with Crippen molar-refractivity contribution in [1.82, 2.24) is 9.97 Å². The molecule has 2 aliphatic rings. The van der Waals surface area contributed by atoms with E-state index in [1.807, 2.05) is 24.3 Å². The predicted octanol–water partition coefficient (Wildman–Crippen LogP) is 2.65. The van der Waals surface area contributed by atoms with Gasteiger partial charge in [-0.2, -0.15) is 0 Å². The van der Waals surface area contributed by atoms with Gasteiger partial charge in [0.1, 0.15) is 6.29 Å². The Bertz CT molecular complexity index is 707. The lowest BCUT2D eigenvalue weighted by molar-refractivity contribution is 0.112. The first-order valence-electron chi connectivity index (χ1n) is 7.55. The van der Waals surface area contributed by atoms with Crippen molar-refractivity contribution in [1.29, 1.82) is 0 Å². The van der Waals surface area contributed by atoms with E-state index in [2.05, 4.69) is 4.90 Å². The van der Waals surface area contributed by atoms with Gasteiger partial charge in [0.05, 0.1) is 5.69 Å². The fourth-order valence-electron chi connectivity index (χ4n) is 3.08. The predicted molar refractivity (Wildman–Crippen MR) is 81.7 cm³/mol. The second-order valence-corrected chi connectivity index (χ2v) is 5.73. The molecule has 2 heterocycles. The van der Waals surface area contributed by atoms with E-state index in [0.29, 0.717) is 5.56 Å². The zero-order chi connectivity index (χ0) is 14.2. The Balaban J connectivity index is 1.86. The highest BCUT2D eigenvalue weighted by atomic mass is 16.1. The summed E-state index contributed by atoms with van der Waals surface area (Å²) in [6.07, 6.45) is 5.33. The number of carbonyl (C=O) groups is 1.